The Morgan fingerprint density at radius 3 is 2.29 bits per heavy atom. The van der Waals surface area contributed by atoms with Crippen LogP contribution in [0.4, 0.5) is 0 Å². The monoisotopic (exact) mass is 120 g/mol. The molecule has 0 spiro atoms. The van der Waals surface area contributed by atoms with E-state index in [0.29, 0.717) is 0 Å². The van der Waals surface area contributed by atoms with Crippen molar-refractivity contribution in [3.8, 4) is 0 Å². The largest absolute Gasteiger partial charge is 0.468 e. The lowest BCUT2D eigenvalue weighted by Crippen LogP contribution is -2.11. The fourth-order valence-electron chi connectivity index (χ4n) is 0.171. The van der Waals surface area contributed by atoms with Crippen LogP contribution in [-0.4, -0.2) is 18.3 Å². The molecule has 1 unspecified atom stereocenters. The smallest absolute Gasteiger partial charge is 0.318 e. The standard InChI is InChI=1S/C4H8O2S/c1-3(7)4(5)6-2/h3,7H,1-2H3. The zero-order valence-electron chi connectivity index (χ0n) is 4.34. The number of ether oxygens (including phenoxy) is 1. The molecule has 0 aliphatic rings. The lowest BCUT2D eigenvalue weighted by molar-refractivity contribution is -0.139. The fraction of sp³-hybridized carbons (Fsp3) is 0.750. The lowest BCUT2D eigenvalue weighted by atomic mass is 10.5. The van der Waals surface area contributed by atoms with E-state index in [1.807, 2.05) is 0 Å². The van der Waals surface area contributed by atoms with Crippen LogP contribution in [0.1, 0.15) is 6.92 Å². The second kappa shape index (κ2) is 2.91. The molecule has 1 atom stereocenters. The van der Waals surface area contributed by atoms with Gasteiger partial charge in [-0.2, -0.15) is 12.6 Å². The molecule has 0 aliphatic heterocycles. The van der Waals surface area contributed by atoms with Gasteiger partial charge >= 0.3 is 5.97 Å². The molecule has 2 nitrogen and oxygen atoms in total. The minimum Gasteiger partial charge on any atom is -0.468 e. The van der Waals surface area contributed by atoms with Crippen molar-refractivity contribution in [2.45, 2.75) is 12.2 Å². The van der Waals surface area contributed by atoms with Crippen molar-refractivity contribution < 1.29 is 9.53 Å². The molecule has 7 heavy (non-hydrogen) atoms. The van der Waals surface area contributed by atoms with Crippen molar-refractivity contribution in [2.24, 2.45) is 0 Å². The summed E-state index contributed by atoms with van der Waals surface area (Å²) in [6.45, 7) is 1.66. The number of rotatable bonds is 1. The highest BCUT2D eigenvalue weighted by molar-refractivity contribution is 7.81. The summed E-state index contributed by atoms with van der Waals surface area (Å²) in [6.07, 6.45) is 0. The average molecular weight is 120 g/mol. The Morgan fingerprint density at radius 1 is 1.86 bits per heavy atom. The summed E-state index contributed by atoms with van der Waals surface area (Å²) in [5.41, 5.74) is 0. The summed E-state index contributed by atoms with van der Waals surface area (Å²) in [5, 5.41) is -0.301. The van der Waals surface area contributed by atoms with Gasteiger partial charge in [0.2, 0.25) is 0 Å². The van der Waals surface area contributed by atoms with Crippen molar-refractivity contribution >= 4 is 18.6 Å². The first-order valence-corrected chi connectivity index (χ1v) is 2.46. The van der Waals surface area contributed by atoms with Gasteiger partial charge in [0.15, 0.2) is 0 Å². The predicted octanol–water partition coefficient (Wildman–Crippen LogP) is 0.478. The summed E-state index contributed by atoms with van der Waals surface area (Å²) < 4.78 is 4.30. The predicted molar refractivity (Wildman–Crippen MR) is 30.5 cm³/mol. The van der Waals surface area contributed by atoms with Crippen molar-refractivity contribution in [3.05, 3.63) is 0 Å². The number of esters is 1. The third kappa shape index (κ3) is 2.51. The Labute approximate surface area is 48.3 Å². The third-order valence-corrected chi connectivity index (χ3v) is 0.753. The SMILES string of the molecule is COC(=O)C(C)S. The molecule has 0 saturated carbocycles. The van der Waals surface area contributed by atoms with Crippen LogP contribution in [0.3, 0.4) is 0 Å². The van der Waals surface area contributed by atoms with Gasteiger partial charge in [-0.1, -0.05) is 0 Å². The Morgan fingerprint density at radius 2 is 2.29 bits per heavy atom. The minimum atomic E-state index is -0.301. The first-order valence-electron chi connectivity index (χ1n) is 1.94. The van der Waals surface area contributed by atoms with E-state index in [1.165, 1.54) is 7.11 Å². The van der Waals surface area contributed by atoms with Gasteiger partial charge in [-0.25, -0.2) is 0 Å². The van der Waals surface area contributed by atoms with Gasteiger partial charge in [0.25, 0.3) is 0 Å². The number of hydrogen-bond donors (Lipinski definition) is 1. The molecule has 42 valence electrons. The van der Waals surface area contributed by atoms with E-state index in [4.69, 9.17) is 0 Å². The Bertz CT molecular complexity index is 70.1. The van der Waals surface area contributed by atoms with Crippen LogP contribution in [0.15, 0.2) is 0 Å². The molecule has 0 amide bonds. The topological polar surface area (TPSA) is 26.3 Å². The van der Waals surface area contributed by atoms with Gasteiger partial charge in [0.1, 0.15) is 0 Å². The number of carbonyl (C=O) groups excluding carboxylic acids is 1. The van der Waals surface area contributed by atoms with E-state index in [1.54, 1.807) is 6.92 Å². The van der Waals surface area contributed by atoms with Crippen molar-refractivity contribution in [1.29, 1.82) is 0 Å². The normalized spacial score (nSPS) is 13.0. The zero-order chi connectivity index (χ0) is 5.86. The first kappa shape index (κ1) is 6.82. The van der Waals surface area contributed by atoms with Crippen LogP contribution < -0.4 is 0 Å². The summed E-state index contributed by atoms with van der Waals surface area (Å²) in [5.74, 6) is -0.289. The molecule has 0 saturated heterocycles. The number of thiol groups is 1. The molecular formula is C4H8O2S. The van der Waals surface area contributed by atoms with Gasteiger partial charge in [-0.15, -0.1) is 0 Å². The van der Waals surface area contributed by atoms with Crippen LogP contribution in [0.2, 0.25) is 0 Å². The summed E-state index contributed by atoms with van der Waals surface area (Å²) in [4.78, 5) is 10.2. The fourth-order valence-corrected chi connectivity index (χ4v) is 0.276. The van der Waals surface area contributed by atoms with Crippen molar-refractivity contribution in [3.63, 3.8) is 0 Å². The second-order valence-electron chi connectivity index (χ2n) is 1.20. The van der Waals surface area contributed by atoms with E-state index >= 15 is 0 Å². The van der Waals surface area contributed by atoms with Crippen LogP contribution in [0, 0.1) is 0 Å². The highest BCUT2D eigenvalue weighted by Crippen LogP contribution is 1.92. The summed E-state index contributed by atoms with van der Waals surface area (Å²) >= 11 is 3.80. The maximum atomic E-state index is 10.2. The van der Waals surface area contributed by atoms with Crippen LogP contribution in [0.25, 0.3) is 0 Å². The summed E-state index contributed by atoms with van der Waals surface area (Å²) in [7, 11) is 1.34. The van der Waals surface area contributed by atoms with Crippen LogP contribution >= 0.6 is 12.6 Å². The van der Waals surface area contributed by atoms with Gasteiger partial charge in [-0.05, 0) is 6.92 Å². The van der Waals surface area contributed by atoms with Gasteiger partial charge in [0.05, 0.1) is 12.4 Å². The Balaban J connectivity index is 3.35. The average Bonchev–Trinajstić information content (AvgIpc) is 1.65. The quantitative estimate of drug-likeness (QED) is 0.402. The maximum Gasteiger partial charge on any atom is 0.318 e. The van der Waals surface area contributed by atoms with E-state index < -0.39 is 0 Å². The molecule has 0 aliphatic carbocycles. The minimum absolute atomic E-state index is 0.289. The Hall–Kier alpha value is -0.180. The zero-order valence-corrected chi connectivity index (χ0v) is 5.24. The Kier molecular flexibility index (Phi) is 2.83. The van der Waals surface area contributed by atoms with E-state index in [9.17, 15) is 4.79 Å². The number of carbonyl (C=O) groups is 1. The van der Waals surface area contributed by atoms with Crippen molar-refractivity contribution in [2.75, 3.05) is 7.11 Å². The van der Waals surface area contributed by atoms with Crippen LogP contribution in [0.5, 0.6) is 0 Å². The molecule has 0 fully saturated rings. The molecular weight excluding hydrogens is 112 g/mol. The van der Waals surface area contributed by atoms with E-state index in [-0.39, 0.29) is 11.2 Å². The molecule has 0 bridgehead atoms. The molecule has 0 aromatic rings. The number of hydrogen-bond acceptors (Lipinski definition) is 3. The van der Waals surface area contributed by atoms with Gasteiger partial charge in [-0.3, -0.25) is 4.79 Å². The third-order valence-electron chi connectivity index (χ3n) is 0.542. The number of methoxy groups -OCH3 is 1. The molecule has 0 aromatic heterocycles. The molecule has 0 heterocycles. The van der Waals surface area contributed by atoms with E-state index in [0.717, 1.165) is 0 Å². The molecule has 0 aromatic carbocycles. The first-order chi connectivity index (χ1) is 3.18. The van der Waals surface area contributed by atoms with Gasteiger partial charge in [0, 0.05) is 0 Å². The summed E-state index contributed by atoms with van der Waals surface area (Å²) in [6, 6.07) is 0. The van der Waals surface area contributed by atoms with Crippen LogP contribution in [-0.2, 0) is 9.53 Å². The van der Waals surface area contributed by atoms with Crippen molar-refractivity contribution in [1.82, 2.24) is 0 Å². The highest BCUT2D eigenvalue weighted by Gasteiger charge is 2.04. The lowest BCUT2D eigenvalue weighted by Gasteiger charge is -1.97. The van der Waals surface area contributed by atoms with Gasteiger partial charge < -0.3 is 4.74 Å². The molecule has 0 radical (unpaired) electrons. The molecule has 3 heteroatoms. The molecule has 0 N–H and O–H groups in total. The van der Waals surface area contributed by atoms with E-state index in [2.05, 4.69) is 17.4 Å². The second-order valence-corrected chi connectivity index (χ2v) is 1.97. The molecule has 0 rings (SSSR count). The maximum absolute atomic E-state index is 10.2. The highest BCUT2D eigenvalue weighted by atomic mass is 32.1.